The van der Waals surface area contributed by atoms with Crippen molar-refractivity contribution in [3.8, 4) is 20.3 Å². The molecule has 0 saturated carbocycles. The summed E-state index contributed by atoms with van der Waals surface area (Å²) < 4.78 is 1.57. The van der Waals surface area contributed by atoms with Crippen molar-refractivity contribution in [1.82, 2.24) is 46.5 Å². The highest BCUT2D eigenvalue weighted by atomic mass is 32.1. The molecule has 6 unspecified atom stereocenters. The Labute approximate surface area is 347 Å². The largest absolute Gasteiger partial charge is 0.370 e. The molecule has 22 heteroatoms. The molecule has 11 N–H and O–H groups in total. The molecule has 8 amide bonds. The summed E-state index contributed by atoms with van der Waals surface area (Å²) in [4.78, 5) is 109. The van der Waals surface area contributed by atoms with Gasteiger partial charge in [0.15, 0.2) is 0 Å². The van der Waals surface area contributed by atoms with Crippen LogP contribution < -0.4 is 43.8 Å². The van der Waals surface area contributed by atoms with Crippen molar-refractivity contribution >= 4 is 69.9 Å². The third-order valence-corrected chi connectivity index (χ3v) is 12.4. The average molecular weight is 855 g/mol. The number of carbonyl (C=O) groups excluding carboxylic acids is 8. The van der Waals surface area contributed by atoms with E-state index in [1.165, 1.54) is 4.90 Å². The second kappa shape index (κ2) is 20.3. The number of rotatable bonds is 8. The molecule has 2 fully saturated rings. The van der Waals surface area contributed by atoms with Crippen LogP contribution in [0.5, 0.6) is 0 Å². The lowest BCUT2D eigenvalue weighted by Crippen LogP contribution is -2.60. The molecule has 5 heterocycles. The second-order valence-electron chi connectivity index (χ2n) is 14.6. The Morgan fingerprint density at radius 1 is 0.932 bits per heavy atom. The molecule has 0 radical (unpaired) electrons. The van der Waals surface area contributed by atoms with Gasteiger partial charge in [-0.15, -0.1) is 27.8 Å². The molecule has 59 heavy (non-hydrogen) atoms. The minimum Gasteiger partial charge on any atom is -0.370 e. The highest BCUT2D eigenvalue weighted by molar-refractivity contribution is 7.23. The van der Waals surface area contributed by atoms with Crippen LogP contribution in [-0.4, -0.2) is 117 Å². The summed E-state index contributed by atoms with van der Waals surface area (Å²) in [5, 5.41) is 23.5. The summed E-state index contributed by atoms with van der Waals surface area (Å²) in [5.74, 6) is -6.68. The number of nitrogens with two attached hydrogens (primary N) is 3. The first kappa shape index (κ1) is 44.4. The maximum atomic E-state index is 14.6. The zero-order valence-electron chi connectivity index (χ0n) is 32.7. The van der Waals surface area contributed by atoms with E-state index in [0.29, 0.717) is 25.0 Å². The fourth-order valence-electron chi connectivity index (χ4n) is 6.78. The second-order valence-corrected chi connectivity index (χ2v) is 16.7. The molecule has 7 atom stereocenters. The standard InChI is InChI=1S/C37H50N12O8S2/c1-3-19(2)32-37(57)48-17-20(49-18-24(46-47-49)26-9-10-28(59-26)27-8-6-12-58-27)13-25(48)36(56)42-16-31(52)43-22(33(40)53)7-4-5-11-41-30(51)14-21(38)34(54)44-23(15-29(39)50)35(55)45-32/h6,8-10,12,18-23,25,32H,3-5,7,11,13-17,38H2,1-2H3,(H2,39,50)(H2,40,53)(H,41,51)(H,42,56)(H,43,52)(H,44,54)(H,45,55)/t19-,20?,21?,22?,23?,25?,32?/m0/s1. The Morgan fingerprint density at radius 2 is 1.69 bits per heavy atom. The molecule has 0 aromatic carbocycles. The molecular weight excluding hydrogens is 805 g/mol. The fraction of sp³-hybridized carbons (Fsp3) is 0.514. The van der Waals surface area contributed by atoms with Crippen molar-refractivity contribution in [2.75, 3.05) is 19.6 Å². The van der Waals surface area contributed by atoms with E-state index in [4.69, 9.17) is 17.2 Å². The number of primary amides is 2. The molecule has 318 valence electrons. The van der Waals surface area contributed by atoms with Gasteiger partial charge in [0.25, 0.3) is 0 Å². The summed E-state index contributed by atoms with van der Waals surface area (Å²) >= 11 is 3.15. The topological polar surface area (TPSA) is 309 Å². The lowest BCUT2D eigenvalue weighted by molar-refractivity contribution is -0.143. The van der Waals surface area contributed by atoms with Crippen LogP contribution in [0.15, 0.2) is 35.8 Å². The molecule has 3 aromatic heterocycles. The third-order valence-electron chi connectivity index (χ3n) is 10.3. The van der Waals surface area contributed by atoms with Crippen molar-refractivity contribution < 1.29 is 38.4 Å². The number of carbonyl (C=O) groups is 8. The maximum Gasteiger partial charge on any atom is 0.246 e. The highest BCUT2D eigenvalue weighted by Gasteiger charge is 2.45. The number of aromatic nitrogens is 3. The monoisotopic (exact) mass is 854 g/mol. The molecule has 2 saturated heterocycles. The Morgan fingerprint density at radius 3 is 2.39 bits per heavy atom. The van der Waals surface area contributed by atoms with Gasteiger partial charge in [0, 0.05) is 29.3 Å². The maximum absolute atomic E-state index is 14.6. The summed E-state index contributed by atoms with van der Waals surface area (Å²) in [6.07, 6.45) is 1.96. The average Bonchev–Trinajstić information content (AvgIpc) is 4.03. The minimum absolute atomic E-state index is 0.0400. The van der Waals surface area contributed by atoms with Gasteiger partial charge in [-0.25, -0.2) is 4.68 Å². The quantitative estimate of drug-likeness (QED) is 0.134. The summed E-state index contributed by atoms with van der Waals surface area (Å²) in [6, 6.07) is 0.917. The van der Waals surface area contributed by atoms with Gasteiger partial charge >= 0.3 is 0 Å². The van der Waals surface area contributed by atoms with Gasteiger partial charge in [-0.1, -0.05) is 31.5 Å². The van der Waals surface area contributed by atoms with Crippen LogP contribution in [0.1, 0.15) is 64.8 Å². The number of hydrogen-bond donors (Lipinski definition) is 8. The Kier molecular flexibility index (Phi) is 15.3. The van der Waals surface area contributed by atoms with E-state index in [1.807, 2.05) is 29.6 Å². The molecule has 0 aliphatic carbocycles. The predicted octanol–water partition coefficient (Wildman–Crippen LogP) is -1.13. The van der Waals surface area contributed by atoms with Crippen LogP contribution in [0.3, 0.4) is 0 Å². The SMILES string of the molecule is CC[C@H](C)C1NC(=O)C(CC(N)=O)NC(=O)C(N)CC(=O)NCCCCC(C(N)=O)NC(=O)CNC(=O)C2CC(n3cc(-c4ccc(-c5cccs5)s4)nn3)CN2C1=O. The molecule has 2 aliphatic rings. The highest BCUT2D eigenvalue weighted by Crippen LogP contribution is 2.36. The van der Waals surface area contributed by atoms with Crippen LogP contribution in [0.2, 0.25) is 0 Å². The van der Waals surface area contributed by atoms with Crippen molar-refractivity contribution in [2.24, 2.45) is 23.1 Å². The molecule has 2 aliphatic heterocycles. The third kappa shape index (κ3) is 11.7. The smallest absolute Gasteiger partial charge is 0.246 e. The number of amides is 8. The Balaban J connectivity index is 1.44. The van der Waals surface area contributed by atoms with E-state index < -0.39 is 109 Å². The number of fused-ring (bicyclic) bond motifs is 1. The van der Waals surface area contributed by atoms with Crippen molar-refractivity contribution in [1.29, 1.82) is 0 Å². The van der Waals surface area contributed by atoms with E-state index in [-0.39, 0.29) is 25.9 Å². The van der Waals surface area contributed by atoms with Crippen LogP contribution >= 0.6 is 22.7 Å². The normalized spacial score (nSPS) is 25.2. The summed E-state index contributed by atoms with van der Waals surface area (Å²) in [7, 11) is 0. The summed E-state index contributed by atoms with van der Waals surface area (Å²) in [6.45, 7) is 3.08. The number of nitrogens with zero attached hydrogens (tertiary/aromatic N) is 4. The van der Waals surface area contributed by atoms with Crippen LogP contribution in [-0.2, 0) is 38.4 Å². The molecular formula is C37H50N12O8S2. The van der Waals surface area contributed by atoms with Crippen molar-refractivity contribution in [3.63, 3.8) is 0 Å². The van der Waals surface area contributed by atoms with Crippen molar-refractivity contribution in [2.45, 2.75) is 95.0 Å². The molecule has 3 aromatic rings. The molecule has 0 spiro atoms. The lowest BCUT2D eigenvalue weighted by atomic mass is 9.96. The number of thiophene rings is 2. The number of nitrogens with one attached hydrogen (secondary N) is 5. The summed E-state index contributed by atoms with van der Waals surface area (Å²) in [5.41, 5.74) is 17.5. The fourth-order valence-corrected chi connectivity index (χ4v) is 8.57. The zero-order valence-corrected chi connectivity index (χ0v) is 34.3. The van der Waals surface area contributed by atoms with E-state index in [1.54, 1.807) is 47.4 Å². The van der Waals surface area contributed by atoms with E-state index >= 15 is 0 Å². The number of hydrogen-bond acceptors (Lipinski definition) is 13. The van der Waals surface area contributed by atoms with Gasteiger partial charge in [0.2, 0.25) is 47.3 Å². The predicted molar refractivity (Wildman–Crippen MR) is 217 cm³/mol. The van der Waals surface area contributed by atoms with Crippen LogP contribution in [0.25, 0.3) is 20.3 Å². The Hall–Kier alpha value is -5.74. The first-order chi connectivity index (χ1) is 28.1. The van der Waals surface area contributed by atoms with Crippen LogP contribution in [0, 0.1) is 5.92 Å². The Bertz CT molecular complexity index is 2020. The van der Waals surface area contributed by atoms with E-state index in [2.05, 4.69) is 36.9 Å². The van der Waals surface area contributed by atoms with Gasteiger partial charge < -0.3 is 48.7 Å². The minimum atomic E-state index is -1.55. The van der Waals surface area contributed by atoms with Gasteiger partial charge in [0.05, 0.1) is 42.5 Å². The first-order valence-electron chi connectivity index (χ1n) is 19.3. The molecule has 0 bridgehead atoms. The van der Waals surface area contributed by atoms with E-state index in [9.17, 15) is 38.4 Å². The lowest BCUT2D eigenvalue weighted by Gasteiger charge is -2.32. The van der Waals surface area contributed by atoms with Crippen molar-refractivity contribution in [3.05, 3.63) is 35.8 Å². The van der Waals surface area contributed by atoms with Gasteiger partial charge in [-0.05, 0) is 48.8 Å². The van der Waals surface area contributed by atoms with Gasteiger partial charge in [-0.3, -0.25) is 38.4 Å². The van der Waals surface area contributed by atoms with Crippen LogP contribution in [0.4, 0.5) is 0 Å². The van der Waals surface area contributed by atoms with E-state index in [0.717, 1.165) is 14.6 Å². The van der Waals surface area contributed by atoms with Gasteiger partial charge in [-0.2, -0.15) is 0 Å². The molecule has 20 nitrogen and oxygen atoms in total. The zero-order chi connectivity index (χ0) is 42.8. The first-order valence-corrected chi connectivity index (χ1v) is 21.0. The van der Waals surface area contributed by atoms with Gasteiger partial charge in [0.1, 0.15) is 29.9 Å². The molecule has 5 rings (SSSR count).